The van der Waals surface area contributed by atoms with Gasteiger partial charge in [-0.05, 0) is 48.9 Å². The molecule has 0 saturated carbocycles. The van der Waals surface area contributed by atoms with Crippen LogP contribution in [0.25, 0.3) is 0 Å². The van der Waals surface area contributed by atoms with Gasteiger partial charge in [-0.25, -0.2) is 0 Å². The van der Waals surface area contributed by atoms with Crippen LogP contribution in [0.2, 0.25) is 0 Å². The first-order valence-electron chi connectivity index (χ1n) is 6.56. The summed E-state index contributed by atoms with van der Waals surface area (Å²) in [6, 6.07) is 0. The molecule has 0 aliphatic rings. The Labute approximate surface area is 120 Å². The summed E-state index contributed by atoms with van der Waals surface area (Å²) in [4.78, 5) is 22.3. The number of carbonyl (C=O) groups is 2. The molecule has 2 atom stereocenters. The van der Waals surface area contributed by atoms with Gasteiger partial charge in [0, 0.05) is 11.8 Å². The molecule has 4 heteroatoms. The molecule has 0 spiro atoms. The minimum absolute atomic E-state index is 0.107. The number of hydrogen-bond donors (Lipinski definition) is 0. The highest BCUT2D eigenvalue weighted by Gasteiger charge is 2.15. The normalized spacial score (nSPS) is 14.7. The van der Waals surface area contributed by atoms with E-state index >= 15 is 0 Å². The third-order valence-corrected chi connectivity index (χ3v) is 3.54. The van der Waals surface area contributed by atoms with Crippen LogP contribution in [0.4, 0.5) is 0 Å². The molecular formula is C14H22Cl2O2. The van der Waals surface area contributed by atoms with Crippen molar-refractivity contribution < 1.29 is 9.59 Å². The Kier molecular flexibility index (Phi) is 10.4. The van der Waals surface area contributed by atoms with Gasteiger partial charge in [-0.2, -0.15) is 0 Å². The van der Waals surface area contributed by atoms with E-state index in [4.69, 9.17) is 23.2 Å². The SMILES string of the molecule is CCCC(CC=CCC(CCC)C(=O)Cl)C(=O)Cl. The van der Waals surface area contributed by atoms with Crippen LogP contribution in [0.3, 0.4) is 0 Å². The standard InChI is InChI=1S/C14H22Cl2O2/c1-3-7-11(13(15)17)9-5-6-10-12(8-4-2)14(16)18/h5-6,11-12H,3-4,7-10H2,1-2H3. The monoisotopic (exact) mass is 292 g/mol. The number of hydrogen-bond acceptors (Lipinski definition) is 2. The van der Waals surface area contributed by atoms with Crippen LogP contribution in [-0.4, -0.2) is 10.5 Å². The molecule has 2 unspecified atom stereocenters. The zero-order valence-corrected chi connectivity index (χ0v) is 12.6. The fourth-order valence-corrected chi connectivity index (χ4v) is 2.26. The van der Waals surface area contributed by atoms with Crippen molar-refractivity contribution in [1.82, 2.24) is 0 Å². The van der Waals surface area contributed by atoms with Gasteiger partial charge < -0.3 is 0 Å². The summed E-state index contributed by atoms with van der Waals surface area (Å²) in [6.07, 6.45) is 8.65. The van der Waals surface area contributed by atoms with Gasteiger partial charge in [-0.1, -0.05) is 38.8 Å². The van der Waals surface area contributed by atoms with Crippen molar-refractivity contribution in [3.8, 4) is 0 Å². The van der Waals surface area contributed by atoms with Crippen LogP contribution < -0.4 is 0 Å². The van der Waals surface area contributed by atoms with E-state index in [0.29, 0.717) is 12.8 Å². The predicted octanol–water partition coefficient (Wildman–Crippen LogP) is 4.69. The average Bonchev–Trinajstić information content (AvgIpc) is 2.30. The van der Waals surface area contributed by atoms with Gasteiger partial charge in [-0.15, -0.1) is 0 Å². The number of allylic oxidation sites excluding steroid dienone is 2. The van der Waals surface area contributed by atoms with Crippen LogP contribution in [0.5, 0.6) is 0 Å². The zero-order chi connectivity index (χ0) is 14.0. The Morgan fingerprint density at radius 2 is 1.22 bits per heavy atom. The van der Waals surface area contributed by atoms with Gasteiger partial charge in [0.1, 0.15) is 0 Å². The average molecular weight is 293 g/mol. The lowest BCUT2D eigenvalue weighted by molar-refractivity contribution is -0.116. The Morgan fingerprint density at radius 3 is 1.44 bits per heavy atom. The fraction of sp³-hybridized carbons (Fsp3) is 0.714. The fourth-order valence-electron chi connectivity index (χ4n) is 1.87. The summed E-state index contributed by atoms with van der Waals surface area (Å²) in [5.41, 5.74) is 0. The van der Waals surface area contributed by atoms with Crippen LogP contribution in [0, 0.1) is 11.8 Å². The Hall–Kier alpha value is -0.340. The lowest BCUT2D eigenvalue weighted by atomic mass is 9.98. The maximum Gasteiger partial charge on any atom is 0.225 e. The molecule has 0 aliphatic carbocycles. The smallest absolute Gasteiger partial charge is 0.225 e. The van der Waals surface area contributed by atoms with Crippen molar-refractivity contribution in [2.75, 3.05) is 0 Å². The maximum absolute atomic E-state index is 11.1. The topological polar surface area (TPSA) is 34.1 Å². The van der Waals surface area contributed by atoms with Gasteiger partial charge in [0.15, 0.2) is 0 Å². The van der Waals surface area contributed by atoms with Gasteiger partial charge in [-0.3, -0.25) is 9.59 Å². The van der Waals surface area contributed by atoms with Gasteiger partial charge in [0.05, 0.1) is 0 Å². The first-order chi connectivity index (χ1) is 8.52. The molecular weight excluding hydrogens is 271 g/mol. The molecule has 2 nitrogen and oxygen atoms in total. The predicted molar refractivity (Wildman–Crippen MR) is 76.9 cm³/mol. The molecule has 0 fully saturated rings. The minimum Gasteiger partial charge on any atom is -0.281 e. The molecule has 0 bridgehead atoms. The highest BCUT2D eigenvalue weighted by Crippen LogP contribution is 2.18. The van der Waals surface area contributed by atoms with Crippen LogP contribution >= 0.6 is 23.2 Å². The van der Waals surface area contributed by atoms with Gasteiger partial charge >= 0.3 is 0 Å². The van der Waals surface area contributed by atoms with Crippen molar-refractivity contribution in [2.24, 2.45) is 11.8 Å². The van der Waals surface area contributed by atoms with E-state index in [2.05, 4.69) is 0 Å². The second-order valence-electron chi connectivity index (χ2n) is 4.52. The molecule has 0 saturated heterocycles. The van der Waals surface area contributed by atoms with E-state index < -0.39 is 0 Å². The van der Waals surface area contributed by atoms with Gasteiger partial charge in [0.25, 0.3) is 0 Å². The lowest BCUT2D eigenvalue weighted by Crippen LogP contribution is -2.08. The van der Waals surface area contributed by atoms with Crippen molar-refractivity contribution in [2.45, 2.75) is 52.4 Å². The van der Waals surface area contributed by atoms with Crippen molar-refractivity contribution >= 4 is 33.7 Å². The van der Waals surface area contributed by atoms with E-state index in [9.17, 15) is 9.59 Å². The molecule has 0 heterocycles. The minimum atomic E-state index is -0.278. The Bertz CT molecular complexity index is 260. The molecule has 0 aromatic rings. The molecule has 0 aromatic carbocycles. The van der Waals surface area contributed by atoms with Crippen LogP contribution in [0.1, 0.15) is 52.4 Å². The number of carbonyl (C=O) groups excluding carboxylic acids is 2. The summed E-state index contributed by atoms with van der Waals surface area (Å²) < 4.78 is 0. The van der Waals surface area contributed by atoms with E-state index in [1.54, 1.807) is 0 Å². The molecule has 104 valence electrons. The number of rotatable bonds is 10. The molecule has 0 amide bonds. The van der Waals surface area contributed by atoms with Gasteiger partial charge in [0.2, 0.25) is 10.5 Å². The summed E-state index contributed by atoms with van der Waals surface area (Å²) in [5, 5.41) is -0.556. The summed E-state index contributed by atoms with van der Waals surface area (Å²) in [5.74, 6) is -0.214. The van der Waals surface area contributed by atoms with Crippen molar-refractivity contribution in [3.05, 3.63) is 12.2 Å². The van der Waals surface area contributed by atoms with Crippen molar-refractivity contribution in [1.29, 1.82) is 0 Å². The zero-order valence-electron chi connectivity index (χ0n) is 11.1. The molecule has 0 N–H and O–H groups in total. The second kappa shape index (κ2) is 10.6. The van der Waals surface area contributed by atoms with Crippen LogP contribution in [0.15, 0.2) is 12.2 Å². The largest absolute Gasteiger partial charge is 0.281 e. The first-order valence-corrected chi connectivity index (χ1v) is 7.32. The summed E-state index contributed by atoms with van der Waals surface area (Å²) >= 11 is 11.0. The first kappa shape index (κ1) is 17.7. The Morgan fingerprint density at radius 1 is 0.889 bits per heavy atom. The highest BCUT2D eigenvalue weighted by atomic mass is 35.5. The summed E-state index contributed by atoms with van der Waals surface area (Å²) in [6.45, 7) is 4.06. The second-order valence-corrected chi connectivity index (χ2v) is 5.27. The van der Waals surface area contributed by atoms with E-state index in [1.807, 2.05) is 26.0 Å². The molecule has 0 aromatic heterocycles. The lowest BCUT2D eigenvalue weighted by Gasteiger charge is -2.09. The molecule has 18 heavy (non-hydrogen) atoms. The molecule has 0 rings (SSSR count). The Balaban J connectivity index is 4.13. The number of halogens is 2. The van der Waals surface area contributed by atoms with Crippen molar-refractivity contribution in [3.63, 3.8) is 0 Å². The van der Waals surface area contributed by atoms with Crippen LogP contribution in [-0.2, 0) is 9.59 Å². The molecule has 0 aliphatic heterocycles. The third kappa shape index (κ3) is 7.88. The molecule has 0 radical (unpaired) electrons. The highest BCUT2D eigenvalue weighted by molar-refractivity contribution is 6.64. The van der Waals surface area contributed by atoms with E-state index in [1.165, 1.54) is 0 Å². The summed E-state index contributed by atoms with van der Waals surface area (Å²) in [7, 11) is 0. The quantitative estimate of drug-likeness (QED) is 0.432. The van der Waals surface area contributed by atoms with E-state index in [-0.39, 0.29) is 22.3 Å². The third-order valence-electron chi connectivity index (χ3n) is 2.92. The van der Waals surface area contributed by atoms with E-state index in [0.717, 1.165) is 25.7 Å². The maximum atomic E-state index is 11.1.